The van der Waals surface area contributed by atoms with E-state index in [1.54, 1.807) is 0 Å². The van der Waals surface area contributed by atoms with E-state index in [1.807, 2.05) is 0 Å². The summed E-state index contributed by atoms with van der Waals surface area (Å²) < 4.78 is -1.50. The molecule has 3 aliphatic rings. The van der Waals surface area contributed by atoms with Gasteiger partial charge in [0, 0.05) is 17.7 Å². The maximum absolute atomic E-state index is 6.62. The molecule has 3 rings (SSSR count). The summed E-state index contributed by atoms with van der Waals surface area (Å²) in [5.41, 5.74) is 0. The summed E-state index contributed by atoms with van der Waals surface area (Å²) in [4.78, 5) is -2.50. The summed E-state index contributed by atoms with van der Waals surface area (Å²) >= 11 is 61.1. The molecule has 0 N–H and O–H groups in total. The Hall–Kier alpha value is 2.64. The molecular formula is C12H10Cl10. The van der Waals surface area contributed by atoms with Crippen molar-refractivity contribution in [3.63, 3.8) is 0 Å². The molecule has 0 radical (unpaired) electrons. The number of allylic oxidation sites excluding steroid dienone is 2. The lowest BCUT2D eigenvalue weighted by molar-refractivity contribution is 0.385. The van der Waals surface area contributed by atoms with E-state index in [0.29, 0.717) is 18.2 Å². The molecule has 0 heterocycles. The quantitative estimate of drug-likeness (QED) is 0.330. The minimum atomic E-state index is -1.50. The van der Waals surface area contributed by atoms with E-state index in [-0.39, 0.29) is 27.3 Å². The molecule has 0 aromatic carbocycles. The van der Waals surface area contributed by atoms with Crippen LogP contribution in [0.2, 0.25) is 0 Å². The smallest absolute Gasteiger partial charge is 0.125 e. The Kier molecular flexibility index (Phi) is 6.65. The van der Waals surface area contributed by atoms with Crippen molar-refractivity contribution < 1.29 is 0 Å². The molecule has 2 bridgehead atoms. The fourth-order valence-electron chi connectivity index (χ4n) is 3.48. The lowest BCUT2D eigenvalue weighted by Crippen LogP contribution is -2.47. The van der Waals surface area contributed by atoms with Gasteiger partial charge in [0.1, 0.15) is 9.75 Å². The van der Waals surface area contributed by atoms with Crippen molar-refractivity contribution in [2.24, 2.45) is 11.8 Å². The average molecular weight is 509 g/mol. The van der Waals surface area contributed by atoms with Crippen LogP contribution in [-0.2, 0) is 0 Å². The zero-order valence-corrected chi connectivity index (χ0v) is 18.3. The third-order valence-electron chi connectivity index (χ3n) is 4.39. The Labute approximate surface area is 179 Å². The van der Waals surface area contributed by atoms with Crippen LogP contribution >= 0.6 is 116 Å². The molecule has 0 aromatic rings. The summed E-state index contributed by atoms with van der Waals surface area (Å²) in [7, 11) is 0. The van der Waals surface area contributed by atoms with Gasteiger partial charge in [0.15, 0.2) is 4.33 Å². The van der Waals surface area contributed by atoms with Crippen LogP contribution in [0.5, 0.6) is 0 Å². The van der Waals surface area contributed by atoms with Crippen molar-refractivity contribution in [3.8, 4) is 0 Å². The fraction of sp³-hybridized carbons (Fsp3) is 0.833. The zero-order valence-electron chi connectivity index (χ0n) is 10.7. The van der Waals surface area contributed by atoms with Gasteiger partial charge in [0.05, 0.1) is 20.8 Å². The van der Waals surface area contributed by atoms with Crippen LogP contribution < -0.4 is 0 Å². The van der Waals surface area contributed by atoms with Gasteiger partial charge in [-0.3, -0.25) is 0 Å². The highest BCUT2D eigenvalue weighted by molar-refractivity contribution is 6.66. The fourth-order valence-corrected chi connectivity index (χ4v) is 7.46. The van der Waals surface area contributed by atoms with E-state index < -0.39 is 19.5 Å². The first kappa shape index (κ1) is 20.9. The number of alkyl halides is 8. The number of rotatable bonds is 1. The van der Waals surface area contributed by atoms with E-state index in [1.165, 1.54) is 0 Å². The SMILES string of the molecule is ClC1=C(Cl)C2(Cl)C3C(Cl)C(Cl)CC3C1(Cl)C2(Cl)Cl.ClCCCl. The first-order valence-electron chi connectivity index (χ1n) is 6.25. The van der Waals surface area contributed by atoms with Crippen LogP contribution in [0.15, 0.2) is 10.1 Å². The summed E-state index contributed by atoms with van der Waals surface area (Å²) in [6, 6.07) is 0. The highest BCUT2D eigenvalue weighted by Gasteiger charge is 2.84. The van der Waals surface area contributed by atoms with E-state index in [9.17, 15) is 0 Å². The Morgan fingerprint density at radius 1 is 0.864 bits per heavy atom. The van der Waals surface area contributed by atoms with Crippen LogP contribution in [0.3, 0.4) is 0 Å². The Morgan fingerprint density at radius 3 is 1.77 bits per heavy atom. The van der Waals surface area contributed by atoms with Gasteiger partial charge in [0.2, 0.25) is 0 Å². The minimum absolute atomic E-state index is 0.184. The molecule has 128 valence electrons. The maximum Gasteiger partial charge on any atom is 0.166 e. The summed E-state index contributed by atoms with van der Waals surface area (Å²) in [5.74, 6) is 0.626. The van der Waals surface area contributed by atoms with Crippen LogP contribution in [0, 0.1) is 11.8 Å². The van der Waals surface area contributed by atoms with Gasteiger partial charge in [-0.1, -0.05) is 46.4 Å². The zero-order chi connectivity index (χ0) is 17.1. The number of hydrogen-bond acceptors (Lipinski definition) is 0. The Balaban J connectivity index is 0.000000396. The lowest BCUT2D eigenvalue weighted by atomic mass is 9.84. The topological polar surface area (TPSA) is 0 Å². The van der Waals surface area contributed by atoms with Gasteiger partial charge in [-0.15, -0.1) is 69.6 Å². The minimum Gasteiger partial charge on any atom is -0.125 e. The molecule has 0 aliphatic heterocycles. The highest BCUT2D eigenvalue weighted by Crippen LogP contribution is 2.79. The van der Waals surface area contributed by atoms with Crippen molar-refractivity contribution in [1.82, 2.24) is 0 Å². The van der Waals surface area contributed by atoms with E-state index >= 15 is 0 Å². The van der Waals surface area contributed by atoms with Gasteiger partial charge >= 0.3 is 0 Å². The third kappa shape index (κ3) is 2.46. The van der Waals surface area contributed by atoms with E-state index in [0.717, 1.165) is 0 Å². The van der Waals surface area contributed by atoms with Gasteiger partial charge in [-0.05, 0) is 12.3 Å². The van der Waals surface area contributed by atoms with Crippen LogP contribution in [-0.4, -0.2) is 36.6 Å². The molecular weight excluding hydrogens is 499 g/mol. The second-order valence-electron chi connectivity index (χ2n) is 5.33. The van der Waals surface area contributed by atoms with Crippen molar-refractivity contribution in [1.29, 1.82) is 0 Å². The monoisotopic (exact) mass is 504 g/mol. The number of fused-ring (bicyclic) bond motifs is 5. The van der Waals surface area contributed by atoms with Gasteiger partial charge < -0.3 is 0 Å². The van der Waals surface area contributed by atoms with E-state index in [2.05, 4.69) is 0 Å². The molecule has 6 unspecified atom stereocenters. The molecule has 0 saturated heterocycles. The molecule has 2 saturated carbocycles. The first-order chi connectivity index (χ1) is 10.0. The van der Waals surface area contributed by atoms with E-state index in [4.69, 9.17) is 116 Å². The van der Waals surface area contributed by atoms with Gasteiger partial charge in [-0.2, -0.15) is 0 Å². The number of halogens is 10. The standard InChI is InChI=1S/C10H6Cl8.C2H4Cl2/c11-3-1-2-4(5(3)12)9(16)7(14)6(13)8(2,15)10(9,17)18;3-1-2-4/h2-5H,1H2;1-2H2. The molecule has 0 spiro atoms. The molecule has 3 aliphatic carbocycles. The van der Waals surface area contributed by atoms with Crippen molar-refractivity contribution >= 4 is 116 Å². The van der Waals surface area contributed by atoms with Crippen molar-refractivity contribution in [3.05, 3.63) is 10.1 Å². The molecule has 10 heteroatoms. The Bertz CT molecular complexity index is 488. The van der Waals surface area contributed by atoms with Crippen molar-refractivity contribution in [2.75, 3.05) is 11.8 Å². The normalized spacial score (nSPS) is 48.3. The highest BCUT2D eigenvalue weighted by atomic mass is 35.5. The second-order valence-corrected chi connectivity index (χ2v) is 10.4. The predicted octanol–water partition coefficient (Wildman–Crippen LogP) is 7.15. The third-order valence-corrected chi connectivity index (χ3v) is 10.4. The summed E-state index contributed by atoms with van der Waals surface area (Å²) in [6.07, 6.45) is 0.555. The lowest BCUT2D eigenvalue weighted by Gasteiger charge is -2.35. The Morgan fingerprint density at radius 2 is 1.32 bits per heavy atom. The van der Waals surface area contributed by atoms with Crippen molar-refractivity contribution in [2.45, 2.75) is 31.3 Å². The molecule has 0 nitrogen and oxygen atoms in total. The molecule has 2 fully saturated rings. The molecule has 0 aromatic heterocycles. The maximum atomic E-state index is 6.62. The molecule has 22 heavy (non-hydrogen) atoms. The second kappa shape index (κ2) is 6.99. The van der Waals surface area contributed by atoms with Gasteiger partial charge in [0.25, 0.3) is 0 Å². The largest absolute Gasteiger partial charge is 0.166 e. The summed E-state index contributed by atoms with van der Waals surface area (Å²) in [5, 5.41) is -0.259. The van der Waals surface area contributed by atoms with Crippen LogP contribution in [0.1, 0.15) is 6.42 Å². The van der Waals surface area contributed by atoms with Crippen LogP contribution in [0.25, 0.3) is 0 Å². The molecule has 6 atom stereocenters. The number of hydrogen-bond donors (Lipinski definition) is 0. The average Bonchev–Trinajstić information content (AvgIpc) is 2.88. The summed E-state index contributed by atoms with van der Waals surface area (Å²) in [6.45, 7) is 0. The predicted molar refractivity (Wildman–Crippen MR) is 103 cm³/mol. The molecule has 0 amide bonds. The van der Waals surface area contributed by atoms with Crippen LogP contribution in [0.4, 0.5) is 0 Å². The first-order valence-corrected chi connectivity index (χ1v) is 10.5. The van der Waals surface area contributed by atoms with Gasteiger partial charge in [-0.25, -0.2) is 0 Å².